The zero-order chi connectivity index (χ0) is 15.4. The van der Waals surface area contributed by atoms with Gasteiger partial charge in [-0.15, -0.1) is 0 Å². The molecule has 0 aliphatic rings. The van der Waals surface area contributed by atoms with E-state index in [1.54, 1.807) is 13.2 Å². The van der Waals surface area contributed by atoms with Crippen LogP contribution in [0.5, 0.6) is 5.75 Å². The van der Waals surface area contributed by atoms with Crippen molar-refractivity contribution in [3.05, 3.63) is 53.3 Å². The minimum Gasteiger partial charge on any atom is -0.496 e. The van der Waals surface area contributed by atoms with Gasteiger partial charge in [0, 0.05) is 6.04 Å². The number of hydrogen-bond donors (Lipinski definition) is 1. The van der Waals surface area contributed by atoms with Crippen LogP contribution in [0.3, 0.4) is 0 Å². The predicted molar refractivity (Wildman–Crippen MR) is 85.2 cm³/mol. The first-order valence-corrected chi connectivity index (χ1v) is 7.24. The Morgan fingerprint density at radius 3 is 2.57 bits per heavy atom. The van der Waals surface area contributed by atoms with Crippen LogP contribution in [-0.2, 0) is 0 Å². The van der Waals surface area contributed by atoms with Crippen LogP contribution >= 0.6 is 0 Å². The van der Waals surface area contributed by atoms with Gasteiger partial charge in [-0.05, 0) is 66.9 Å². The highest BCUT2D eigenvalue weighted by atomic mass is 19.1. The molecule has 0 bridgehead atoms. The number of nitrogens with one attached hydrogen (secondary N) is 1. The summed E-state index contributed by atoms with van der Waals surface area (Å²) in [5, 5.41) is 3.38. The van der Waals surface area contributed by atoms with Crippen LogP contribution in [0, 0.1) is 12.7 Å². The summed E-state index contributed by atoms with van der Waals surface area (Å²) in [6, 6.07) is 11.1. The molecular formula is C18H22FNO. The normalized spacial score (nSPS) is 12.2. The van der Waals surface area contributed by atoms with Gasteiger partial charge in [-0.1, -0.05) is 19.1 Å². The highest BCUT2D eigenvalue weighted by Gasteiger charge is 2.13. The van der Waals surface area contributed by atoms with E-state index < -0.39 is 0 Å². The van der Waals surface area contributed by atoms with Gasteiger partial charge in [0.05, 0.1) is 7.11 Å². The van der Waals surface area contributed by atoms with E-state index in [9.17, 15) is 4.39 Å². The Morgan fingerprint density at radius 1 is 1.19 bits per heavy atom. The van der Waals surface area contributed by atoms with Gasteiger partial charge in [0.2, 0.25) is 0 Å². The Morgan fingerprint density at radius 2 is 1.95 bits per heavy atom. The Balaban J connectivity index is 2.51. The summed E-state index contributed by atoms with van der Waals surface area (Å²) in [5.74, 6) is 0.627. The SMILES string of the molecule is CCNC(C)c1ccc(F)cc1-c1ccc(OC)c(C)c1. The fourth-order valence-electron chi connectivity index (χ4n) is 2.62. The van der Waals surface area contributed by atoms with Crippen LogP contribution < -0.4 is 10.1 Å². The Labute approximate surface area is 126 Å². The lowest BCUT2D eigenvalue weighted by Gasteiger charge is -2.18. The number of halogens is 1. The highest BCUT2D eigenvalue weighted by molar-refractivity contribution is 5.69. The van der Waals surface area contributed by atoms with Crippen LogP contribution in [0.25, 0.3) is 11.1 Å². The van der Waals surface area contributed by atoms with Gasteiger partial charge >= 0.3 is 0 Å². The molecule has 21 heavy (non-hydrogen) atoms. The number of benzene rings is 2. The van der Waals surface area contributed by atoms with Crippen LogP contribution in [0.1, 0.15) is 31.0 Å². The van der Waals surface area contributed by atoms with Gasteiger partial charge < -0.3 is 10.1 Å². The van der Waals surface area contributed by atoms with Crippen molar-refractivity contribution >= 4 is 0 Å². The van der Waals surface area contributed by atoms with Crippen molar-refractivity contribution in [1.82, 2.24) is 5.32 Å². The van der Waals surface area contributed by atoms with Gasteiger partial charge in [-0.25, -0.2) is 4.39 Å². The van der Waals surface area contributed by atoms with Gasteiger partial charge in [-0.3, -0.25) is 0 Å². The van der Waals surface area contributed by atoms with Gasteiger partial charge in [-0.2, -0.15) is 0 Å². The Hall–Kier alpha value is -1.87. The number of aryl methyl sites for hydroxylation is 1. The van der Waals surface area contributed by atoms with Crippen LogP contribution in [0.2, 0.25) is 0 Å². The molecule has 112 valence electrons. The monoisotopic (exact) mass is 287 g/mol. The molecule has 0 spiro atoms. The fraction of sp³-hybridized carbons (Fsp3) is 0.333. The van der Waals surface area contributed by atoms with Gasteiger partial charge in [0.1, 0.15) is 11.6 Å². The largest absolute Gasteiger partial charge is 0.496 e. The second-order valence-electron chi connectivity index (χ2n) is 5.20. The van der Waals surface area contributed by atoms with E-state index in [4.69, 9.17) is 4.74 Å². The molecule has 0 aliphatic carbocycles. The van der Waals surface area contributed by atoms with Crippen molar-refractivity contribution in [2.75, 3.05) is 13.7 Å². The molecule has 0 saturated carbocycles. The van der Waals surface area contributed by atoms with E-state index in [0.717, 1.165) is 34.5 Å². The zero-order valence-corrected chi connectivity index (χ0v) is 13.0. The van der Waals surface area contributed by atoms with Crippen LogP contribution in [0.4, 0.5) is 4.39 Å². The van der Waals surface area contributed by atoms with E-state index in [-0.39, 0.29) is 11.9 Å². The molecule has 2 aromatic carbocycles. The van der Waals surface area contributed by atoms with E-state index in [2.05, 4.69) is 19.2 Å². The first-order valence-electron chi connectivity index (χ1n) is 7.24. The molecule has 2 nitrogen and oxygen atoms in total. The third-order valence-electron chi connectivity index (χ3n) is 3.70. The molecule has 0 heterocycles. The number of rotatable bonds is 5. The predicted octanol–water partition coefficient (Wildman–Crippen LogP) is 4.48. The second kappa shape index (κ2) is 6.72. The average molecular weight is 287 g/mol. The summed E-state index contributed by atoms with van der Waals surface area (Å²) < 4.78 is 19.0. The van der Waals surface area contributed by atoms with Crippen LogP contribution in [-0.4, -0.2) is 13.7 Å². The van der Waals surface area contributed by atoms with Crippen LogP contribution in [0.15, 0.2) is 36.4 Å². The maximum atomic E-state index is 13.7. The molecule has 3 heteroatoms. The third-order valence-corrected chi connectivity index (χ3v) is 3.70. The first kappa shape index (κ1) is 15.5. The Bertz CT molecular complexity index is 625. The molecule has 0 amide bonds. The first-order chi connectivity index (χ1) is 10.1. The van der Waals surface area contributed by atoms with Crippen molar-refractivity contribution in [1.29, 1.82) is 0 Å². The lowest BCUT2D eigenvalue weighted by atomic mass is 9.94. The van der Waals surface area contributed by atoms with Crippen molar-refractivity contribution in [2.24, 2.45) is 0 Å². The third kappa shape index (κ3) is 3.42. The average Bonchev–Trinajstić information content (AvgIpc) is 2.47. The summed E-state index contributed by atoms with van der Waals surface area (Å²) in [5.41, 5.74) is 4.07. The second-order valence-corrected chi connectivity index (χ2v) is 5.20. The van der Waals surface area contributed by atoms with E-state index in [0.29, 0.717) is 0 Å². The topological polar surface area (TPSA) is 21.3 Å². The highest BCUT2D eigenvalue weighted by Crippen LogP contribution is 2.32. The molecule has 0 aromatic heterocycles. The molecule has 1 unspecified atom stereocenters. The molecule has 0 aliphatic heterocycles. The van der Waals surface area contributed by atoms with Crippen molar-refractivity contribution in [3.63, 3.8) is 0 Å². The lowest BCUT2D eigenvalue weighted by molar-refractivity contribution is 0.412. The standard InChI is InChI=1S/C18H22FNO/c1-5-20-13(3)16-8-7-15(19)11-17(16)14-6-9-18(21-4)12(2)10-14/h6-11,13,20H,5H2,1-4H3. The molecule has 2 rings (SSSR count). The minimum absolute atomic E-state index is 0.174. The van der Waals surface area contributed by atoms with E-state index in [1.165, 1.54) is 6.07 Å². The minimum atomic E-state index is -0.217. The van der Waals surface area contributed by atoms with Gasteiger partial charge in [0.25, 0.3) is 0 Å². The molecule has 1 N–H and O–H groups in total. The molecule has 0 saturated heterocycles. The number of hydrogen-bond acceptors (Lipinski definition) is 2. The maximum Gasteiger partial charge on any atom is 0.123 e. The van der Waals surface area contributed by atoms with Gasteiger partial charge in [0.15, 0.2) is 0 Å². The molecule has 0 radical (unpaired) electrons. The lowest BCUT2D eigenvalue weighted by Crippen LogP contribution is -2.18. The molecule has 0 fully saturated rings. The zero-order valence-electron chi connectivity index (χ0n) is 13.0. The fourth-order valence-corrected chi connectivity index (χ4v) is 2.62. The maximum absolute atomic E-state index is 13.7. The number of methoxy groups -OCH3 is 1. The molecule has 2 aromatic rings. The van der Waals surface area contributed by atoms with Crippen molar-refractivity contribution in [3.8, 4) is 16.9 Å². The molecular weight excluding hydrogens is 265 g/mol. The van der Waals surface area contributed by atoms with E-state index in [1.807, 2.05) is 31.2 Å². The summed E-state index contributed by atoms with van der Waals surface area (Å²) in [7, 11) is 1.66. The van der Waals surface area contributed by atoms with E-state index >= 15 is 0 Å². The Kier molecular flexibility index (Phi) is 4.97. The quantitative estimate of drug-likeness (QED) is 0.875. The summed E-state index contributed by atoms with van der Waals surface area (Å²) in [6.45, 7) is 7.03. The smallest absolute Gasteiger partial charge is 0.123 e. The molecule has 1 atom stereocenters. The summed E-state index contributed by atoms with van der Waals surface area (Å²) in [6.07, 6.45) is 0. The van der Waals surface area contributed by atoms with Crippen molar-refractivity contribution < 1.29 is 9.13 Å². The van der Waals surface area contributed by atoms with Crippen molar-refractivity contribution in [2.45, 2.75) is 26.8 Å². The number of ether oxygens (including phenoxy) is 1. The summed E-state index contributed by atoms with van der Waals surface area (Å²) >= 11 is 0. The summed E-state index contributed by atoms with van der Waals surface area (Å²) in [4.78, 5) is 0.